The van der Waals surface area contributed by atoms with E-state index >= 15 is 0 Å². The highest BCUT2D eigenvalue weighted by Crippen LogP contribution is 2.36. The predicted molar refractivity (Wildman–Crippen MR) is 71.5 cm³/mol. The molecule has 2 heterocycles. The van der Waals surface area contributed by atoms with Gasteiger partial charge in [0.1, 0.15) is 0 Å². The van der Waals surface area contributed by atoms with Crippen molar-refractivity contribution < 1.29 is 0 Å². The molecule has 1 unspecified atom stereocenters. The summed E-state index contributed by atoms with van der Waals surface area (Å²) in [5.74, 6) is 2.46. The smallest absolute Gasteiger partial charge is 0.185 e. The lowest BCUT2D eigenvalue weighted by molar-refractivity contribution is 0.563. The number of fused-ring (bicyclic) bond motifs is 1. The minimum absolute atomic E-state index is 0.188. The zero-order valence-corrected chi connectivity index (χ0v) is 10.9. The summed E-state index contributed by atoms with van der Waals surface area (Å²) in [6, 6.07) is 0.188. The molecule has 1 fully saturated rings. The van der Waals surface area contributed by atoms with Crippen LogP contribution in [0.2, 0.25) is 0 Å². The van der Waals surface area contributed by atoms with E-state index in [1.165, 1.54) is 40.0 Å². The first-order valence-corrected chi connectivity index (χ1v) is 7.89. The average Bonchev–Trinajstić information content (AvgIpc) is 2.76. The molecule has 0 spiro atoms. The van der Waals surface area contributed by atoms with E-state index in [0.717, 1.165) is 19.5 Å². The molecule has 0 amide bonds. The van der Waals surface area contributed by atoms with Gasteiger partial charge in [0.05, 0.1) is 5.69 Å². The van der Waals surface area contributed by atoms with Gasteiger partial charge in [-0.25, -0.2) is 4.98 Å². The second-order valence-electron chi connectivity index (χ2n) is 4.40. The van der Waals surface area contributed by atoms with Gasteiger partial charge in [0.25, 0.3) is 0 Å². The van der Waals surface area contributed by atoms with E-state index < -0.39 is 0 Å². The molecule has 1 aliphatic carbocycles. The van der Waals surface area contributed by atoms with Gasteiger partial charge in [-0.15, -0.1) is 11.3 Å². The molecule has 1 atom stereocenters. The lowest BCUT2D eigenvalue weighted by Gasteiger charge is -2.25. The number of anilines is 1. The second kappa shape index (κ2) is 4.55. The van der Waals surface area contributed by atoms with Crippen molar-refractivity contribution in [1.29, 1.82) is 0 Å². The summed E-state index contributed by atoms with van der Waals surface area (Å²) < 4.78 is 0. The molecule has 1 aliphatic heterocycles. The van der Waals surface area contributed by atoms with Gasteiger partial charge in [-0.05, 0) is 19.3 Å². The quantitative estimate of drug-likeness (QED) is 0.834. The van der Waals surface area contributed by atoms with Crippen LogP contribution < -0.4 is 10.6 Å². The Morgan fingerprint density at radius 2 is 2.12 bits per heavy atom. The third kappa shape index (κ3) is 1.96. The van der Waals surface area contributed by atoms with Crippen LogP contribution in [0.4, 0.5) is 5.13 Å². The molecular weight excluding hydrogens is 238 g/mol. The summed E-state index contributed by atoms with van der Waals surface area (Å²) >= 11 is 3.91. The molecule has 3 rings (SSSR count). The van der Waals surface area contributed by atoms with Gasteiger partial charge in [0.2, 0.25) is 0 Å². The summed E-state index contributed by atoms with van der Waals surface area (Å²) in [6.45, 7) is 2.29. The van der Waals surface area contributed by atoms with E-state index in [1.807, 2.05) is 23.1 Å². The van der Waals surface area contributed by atoms with E-state index in [1.54, 1.807) is 0 Å². The minimum atomic E-state index is 0.188. The largest absolute Gasteiger partial charge is 0.346 e. The van der Waals surface area contributed by atoms with Gasteiger partial charge in [-0.2, -0.15) is 11.8 Å². The molecule has 88 valence electrons. The number of aromatic nitrogens is 1. The van der Waals surface area contributed by atoms with Gasteiger partial charge in [-0.1, -0.05) is 0 Å². The molecule has 0 radical (unpaired) electrons. The van der Waals surface area contributed by atoms with Crippen LogP contribution in [0.15, 0.2) is 0 Å². The lowest BCUT2D eigenvalue weighted by atomic mass is 9.99. The van der Waals surface area contributed by atoms with Gasteiger partial charge in [-0.3, -0.25) is 0 Å². The third-order valence-corrected chi connectivity index (χ3v) is 5.40. The Bertz CT molecular complexity index is 371. The van der Waals surface area contributed by atoms with Gasteiger partial charge >= 0.3 is 0 Å². The highest BCUT2D eigenvalue weighted by molar-refractivity contribution is 7.99. The Labute approximate surface area is 104 Å². The Balaban J connectivity index is 1.85. The van der Waals surface area contributed by atoms with E-state index in [9.17, 15) is 0 Å². The zero-order chi connectivity index (χ0) is 11.0. The fraction of sp³-hybridized carbons (Fsp3) is 0.727. The van der Waals surface area contributed by atoms with Crippen LogP contribution >= 0.6 is 23.1 Å². The van der Waals surface area contributed by atoms with E-state index in [-0.39, 0.29) is 6.04 Å². The Hall–Kier alpha value is -0.260. The molecule has 5 heteroatoms. The topological polar surface area (TPSA) is 42.1 Å². The second-order valence-corrected chi connectivity index (χ2v) is 6.69. The van der Waals surface area contributed by atoms with E-state index in [4.69, 9.17) is 10.7 Å². The molecular formula is C11H17N3S2. The number of hydrogen-bond acceptors (Lipinski definition) is 5. The first-order valence-electron chi connectivity index (χ1n) is 5.92. The fourth-order valence-corrected chi connectivity index (χ4v) is 4.46. The molecule has 2 N–H and O–H groups in total. The average molecular weight is 255 g/mol. The number of nitrogens with two attached hydrogens (primary N) is 1. The number of hydrogen-bond donors (Lipinski definition) is 1. The van der Waals surface area contributed by atoms with Crippen LogP contribution in [0.5, 0.6) is 0 Å². The zero-order valence-electron chi connectivity index (χ0n) is 9.32. The normalized spacial score (nSPS) is 25.6. The van der Waals surface area contributed by atoms with Crippen molar-refractivity contribution in [2.45, 2.75) is 25.3 Å². The highest BCUT2D eigenvalue weighted by atomic mass is 32.2. The molecule has 1 aromatic heterocycles. The molecule has 1 saturated heterocycles. The molecule has 1 aromatic rings. The number of rotatable bonds is 1. The van der Waals surface area contributed by atoms with Gasteiger partial charge < -0.3 is 10.6 Å². The summed E-state index contributed by atoms with van der Waals surface area (Å²) in [6.07, 6.45) is 3.51. The molecule has 2 aliphatic rings. The standard InChI is InChI=1S/C11H17N3S2/c12-8-2-1-3-9-10(8)13-11(16-9)14-4-6-15-7-5-14/h8H,1-7,12H2. The Morgan fingerprint density at radius 3 is 2.88 bits per heavy atom. The van der Waals surface area contributed by atoms with Crippen molar-refractivity contribution in [3.05, 3.63) is 10.6 Å². The van der Waals surface area contributed by atoms with Crippen molar-refractivity contribution in [3.63, 3.8) is 0 Å². The molecule has 0 saturated carbocycles. The Morgan fingerprint density at radius 1 is 1.31 bits per heavy atom. The maximum atomic E-state index is 6.11. The number of nitrogens with zero attached hydrogens (tertiary/aromatic N) is 2. The summed E-state index contributed by atoms with van der Waals surface area (Å²) in [5, 5.41) is 1.21. The summed E-state index contributed by atoms with van der Waals surface area (Å²) in [7, 11) is 0. The van der Waals surface area contributed by atoms with Crippen molar-refractivity contribution in [1.82, 2.24) is 4.98 Å². The van der Waals surface area contributed by atoms with Gasteiger partial charge in [0.15, 0.2) is 5.13 Å². The van der Waals surface area contributed by atoms with Crippen LogP contribution in [0.1, 0.15) is 29.5 Å². The van der Waals surface area contributed by atoms with Crippen molar-refractivity contribution >= 4 is 28.2 Å². The van der Waals surface area contributed by atoms with Crippen LogP contribution in [0.3, 0.4) is 0 Å². The summed E-state index contributed by atoms with van der Waals surface area (Å²) in [5.41, 5.74) is 7.30. The maximum Gasteiger partial charge on any atom is 0.185 e. The highest BCUT2D eigenvalue weighted by Gasteiger charge is 2.24. The van der Waals surface area contributed by atoms with Crippen molar-refractivity contribution in [3.8, 4) is 0 Å². The van der Waals surface area contributed by atoms with Gasteiger partial charge in [0, 0.05) is 35.5 Å². The first-order chi connectivity index (χ1) is 7.84. The number of thioether (sulfide) groups is 1. The number of aryl methyl sites for hydroxylation is 1. The lowest BCUT2D eigenvalue weighted by Crippen LogP contribution is -2.32. The summed E-state index contributed by atoms with van der Waals surface area (Å²) in [4.78, 5) is 8.63. The van der Waals surface area contributed by atoms with Crippen LogP contribution in [-0.2, 0) is 6.42 Å². The molecule has 16 heavy (non-hydrogen) atoms. The fourth-order valence-electron chi connectivity index (χ4n) is 2.33. The maximum absolute atomic E-state index is 6.11. The third-order valence-electron chi connectivity index (χ3n) is 3.27. The van der Waals surface area contributed by atoms with Crippen LogP contribution in [0, 0.1) is 0 Å². The van der Waals surface area contributed by atoms with Crippen molar-refractivity contribution in [2.24, 2.45) is 5.73 Å². The minimum Gasteiger partial charge on any atom is -0.346 e. The SMILES string of the molecule is NC1CCCc2sc(N3CCSCC3)nc21. The molecule has 3 nitrogen and oxygen atoms in total. The first kappa shape index (κ1) is 10.9. The predicted octanol–water partition coefficient (Wildman–Crippen LogP) is 2.03. The monoisotopic (exact) mass is 255 g/mol. The van der Waals surface area contributed by atoms with Crippen LogP contribution in [0.25, 0.3) is 0 Å². The van der Waals surface area contributed by atoms with Crippen LogP contribution in [-0.4, -0.2) is 29.6 Å². The molecule has 0 aromatic carbocycles. The Kier molecular flexibility index (Phi) is 3.09. The van der Waals surface area contributed by atoms with Crippen molar-refractivity contribution in [2.75, 3.05) is 29.5 Å². The number of thiazole rings is 1. The van der Waals surface area contributed by atoms with E-state index in [0.29, 0.717) is 0 Å². The molecule has 0 bridgehead atoms. The van der Waals surface area contributed by atoms with E-state index in [2.05, 4.69) is 4.90 Å².